The zero-order valence-electron chi connectivity index (χ0n) is 17.3. The van der Waals surface area contributed by atoms with E-state index in [1.54, 1.807) is 30.3 Å². The summed E-state index contributed by atoms with van der Waals surface area (Å²) in [4.78, 5) is 24.6. The second kappa shape index (κ2) is 9.05. The second-order valence-corrected chi connectivity index (χ2v) is 9.97. The summed E-state index contributed by atoms with van der Waals surface area (Å²) in [6.45, 7) is 0.264. The van der Waals surface area contributed by atoms with Crippen LogP contribution < -0.4 is 9.62 Å². The first-order valence-electron chi connectivity index (χ1n) is 9.81. The number of amides is 1. The van der Waals surface area contributed by atoms with Gasteiger partial charge in [0.2, 0.25) is 0 Å². The summed E-state index contributed by atoms with van der Waals surface area (Å²) in [6.07, 6.45) is 0.529. The summed E-state index contributed by atoms with van der Waals surface area (Å²) < 4.78 is 32.3. The number of carbonyl (C=O) groups excluding carboxylic acids is 2. The van der Waals surface area contributed by atoms with E-state index in [1.807, 2.05) is 0 Å². The molecule has 0 aliphatic carbocycles. The van der Waals surface area contributed by atoms with E-state index in [2.05, 4.69) is 10.1 Å². The lowest BCUT2D eigenvalue weighted by molar-refractivity contribution is 0.0601. The Kier molecular flexibility index (Phi) is 6.34. The lowest BCUT2D eigenvalue weighted by Gasteiger charge is -2.20. The van der Waals surface area contributed by atoms with Crippen LogP contribution in [0.1, 0.15) is 26.3 Å². The maximum atomic E-state index is 13.2. The third-order valence-electron chi connectivity index (χ3n) is 5.22. The molecule has 33 heavy (non-hydrogen) atoms. The number of hydrogen-bond donors (Lipinski definition) is 1. The van der Waals surface area contributed by atoms with Crippen LogP contribution in [-0.4, -0.2) is 33.9 Å². The van der Waals surface area contributed by atoms with Gasteiger partial charge in [-0.2, -0.15) is 0 Å². The molecule has 1 amide bonds. The highest BCUT2D eigenvalue weighted by atomic mass is 35.5. The van der Waals surface area contributed by atoms with E-state index >= 15 is 0 Å². The Morgan fingerprint density at radius 2 is 1.82 bits per heavy atom. The number of fused-ring (bicyclic) bond motifs is 1. The molecule has 1 aliphatic rings. The lowest BCUT2D eigenvalue weighted by Crippen LogP contribution is -2.29. The fourth-order valence-electron chi connectivity index (χ4n) is 3.57. The van der Waals surface area contributed by atoms with Crippen molar-refractivity contribution >= 4 is 56.5 Å². The minimum Gasteiger partial charge on any atom is -0.465 e. The van der Waals surface area contributed by atoms with E-state index in [-0.39, 0.29) is 27.6 Å². The molecule has 4 rings (SSSR count). The number of rotatable bonds is 5. The molecular weight excluding hydrogens is 487 g/mol. The van der Waals surface area contributed by atoms with Crippen LogP contribution in [0, 0.1) is 0 Å². The van der Waals surface area contributed by atoms with Crippen LogP contribution in [0.15, 0.2) is 65.6 Å². The van der Waals surface area contributed by atoms with Gasteiger partial charge >= 0.3 is 5.97 Å². The summed E-state index contributed by atoms with van der Waals surface area (Å²) in [5, 5.41) is 3.16. The van der Waals surface area contributed by atoms with Crippen LogP contribution in [0.3, 0.4) is 0 Å². The van der Waals surface area contributed by atoms with Crippen molar-refractivity contribution in [1.82, 2.24) is 0 Å². The molecule has 7 nitrogen and oxygen atoms in total. The molecular formula is C23H18Cl2N2O5S. The maximum Gasteiger partial charge on any atom is 0.339 e. The number of ether oxygens (including phenoxy) is 1. The van der Waals surface area contributed by atoms with Crippen molar-refractivity contribution in [2.45, 2.75) is 11.3 Å². The zero-order chi connectivity index (χ0) is 23.8. The number of anilines is 2. The average Bonchev–Trinajstić information content (AvgIpc) is 3.23. The Morgan fingerprint density at radius 1 is 1.03 bits per heavy atom. The fraction of sp³-hybridized carbons (Fsp3) is 0.130. The van der Waals surface area contributed by atoms with E-state index in [9.17, 15) is 18.0 Å². The summed E-state index contributed by atoms with van der Waals surface area (Å²) >= 11 is 12.1. The zero-order valence-corrected chi connectivity index (χ0v) is 19.7. The van der Waals surface area contributed by atoms with Crippen LogP contribution in [0.25, 0.3) is 0 Å². The maximum absolute atomic E-state index is 13.2. The van der Waals surface area contributed by atoms with Crippen LogP contribution in [0.4, 0.5) is 11.4 Å². The number of esters is 1. The Labute approximate surface area is 200 Å². The molecule has 0 radical (unpaired) electrons. The molecule has 170 valence electrons. The first-order chi connectivity index (χ1) is 15.7. The van der Waals surface area contributed by atoms with E-state index in [0.717, 1.165) is 5.56 Å². The van der Waals surface area contributed by atoms with Gasteiger partial charge in [-0.05, 0) is 60.5 Å². The van der Waals surface area contributed by atoms with E-state index in [1.165, 1.54) is 41.7 Å². The molecule has 0 bridgehead atoms. The number of nitrogens with one attached hydrogen (secondary N) is 1. The summed E-state index contributed by atoms with van der Waals surface area (Å²) in [7, 11) is -2.59. The van der Waals surface area contributed by atoms with Crippen LogP contribution in [0.5, 0.6) is 0 Å². The lowest BCUT2D eigenvalue weighted by atomic mass is 10.1. The highest BCUT2D eigenvalue weighted by Crippen LogP contribution is 2.34. The molecule has 3 aromatic rings. The summed E-state index contributed by atoms with van der Waals surface area (Å²) in [5.74, 6) is -1.04. The van der Waals surface area contributed by atoms with Gasteiger partial charge in [0.25, 0.3) is 15.9 Å². The number of benzene rings is 3. The molecule has 1 N–H and O–H groups in total. The van der Waals surface area contributed by atoms with Crippen molar-refractivity contribution in [2.75, 3.05) is 23.3 Å². The van der Waals surface area contributed by atoms with Gasteiger partial charge in [-0.15, -0.1) is 0 Å². The van der Waals surface area contributed by atoms with Gasteiger partial charge in [-0.1, -0.05) is 35.3 Å². The molecule has 1 heterocycles. The van der Waals surface area contributed by atoms with Crippen molar-refractivity contribution < 1.29 is 22.7 Å². The van der Waals surface area contributed by atoms with Crippen molar-refractivity contribution in [1.29, 1.82) is 0 Å². The number of halogens is 2. The van der Waals surface area contributed by atoms with E-state index < -0.39 is 21.9 Å². The number of hydrogen-bond acceptors (Lipinski definition) is 5. The predicted molar refractivity (Wildman–Crippen MR) is 127 cm³/mol. The van der Waals surface area contributed by atoms with Gasteiger partial charge in [0.15, 0.2) is 0 Å². The highest BCUT2D eigenvalue weighted by Gasteiger charge is 2.31. The van der Waals surface area contributed by atoms with E-state index in [0.29, 0.717) is 22.8 Å². The van der Waals surface area contributed by atoms with Gasteiger partial charge in [-0.3, -0.25) is 9.10 Å². The van der Waals surface area contributed by atoms with Gasteiger partial charge in [0.05, 0.1) is 28.3 Å². The van der Waals surface area contributed by atoms with Crippen molar-refractivity contribution in [3.8, 4) is 0 Å². The monoisotopic (exact) mass is 504 g/mol. The standard InChI is InChI=1S/C23H18Cl2N2O5S/c1-32-23(29)19-8-7-17(13-20(19)25)26-22(28)15-6-5-14-9-10-27(21(14)11-15)33(30,31)18-4-2-3-16(24)12-18/h2-8,11-13H,9-10H2,1H3,(H,26,28). The SMILES string of the molecule is COC(=O)c1ccc(NC(=O)c2ccc3c(c2)N(S(=O)(=O)c2cccc(Cl)c2)CC3)cc1Cl. The largest absolute Gasteiger partial charge is 0.465 e. The number of nitrogens with zero attached hydrogens (tertiary/aromatic N) is 1. The van der Waals surface area contributed by atoms with Gasteiger partial charge in [0.1, 0.15) is 0 Å². The molecule has 0 atom stereocenters. The van der Waals surface area contributed by atoms with Gasteiger partial charge in [-0.25, -0.2) is 13.2 Å². The Bertz CT molecular complexity index is 1380. The van der Waals surface area contributed by atoms with Crippen molar-refractivity contribution in [3.63, 3.8) is 0 Å². The number of carbonyl (C=O) groups is 2. The molecule has 1 aliphatic heterocycles. The first-order valence-corrected chi connectivity index (χ1v) is 12.0. The minimum atomic E-state index is -3.84. The molecule has 0 saturated carbocycles. The van der Waals surface area contributed by atoms with Crippen molar-refractivity contribution in [2.24, 2.45) is 0 Å². The summed E-state index contributed by atoms with van der Waals surface area (Å²) in [5.41, 5.74) is 2.09. The van der Waals surface area contributed by atoms with Crippen molar-refractivity contribution in [3.05, 3.63) is 87.4 Å². The predicted octanol–water partition coefficient (Wildman–Crippen LogP) is 4.78. The van der Waals surface area contributed by atoms with Crippen LogP contribution in [-0.2, 0) is 21.2 Å². The molecule has 0 fully saturated rings. The molecule has 0 aromatic heterocycles. The molecule has 0 saturated heterocycles. The summed E-state index contributed by atoms with van der Waals surface area (Å²) in [6, 6.07) is 15.4. The Hall–Kier alpha value is -3.07. The smallest absolute Gasteiger partial charge is 0.339 e. The third kappa shape index (κ3) is 4.55. The van der Waals surface area contributed by atoms with E-state index in [4.69, 9.17) is 23.2 Å². The molecule has 0 spiro atoms. The van der Waals surface area contributed by atoms with Crippen LogP contribution in [0.2, 0.25) is 10.0 Å². The normalized spacial score (nSPS) is 12.9. The highest BCUT2D eigenvalue weighted by molar-refractivity contribution is 7.92. The van der Waals surface area contributed by atoms with Gasteiger partial charge < -0.3 is 10.1 Å². The molecule has 3 aromatic carbocycles. The topological polar surface area (TPSA) is 92.8 Å². The molecule has 0 unspecified atom stereocenters. The fourth-order valence-corrected chi connectivity index (χ4v) is 5.62. The Morgan fingerprint density at radius 3 is 2.52 bits per heavy atom. The average molecular weight is 505 g/mol. The molecule has 10 heteroatoms. The van der Waals surface area contributed by atoms with Gasteiger partial charge in [0, 0.05) is 22.8 Å². The first kappa shape index (κ1) is 23.1. The number of methoxy groups -OCH3 is 1. The number of sulfonamides is 1. The second-order valence-electron chi connectivity index (χ2n) is 7.27. The quantitative estimate of drug-likeness (QED) is 0.504. The Balaban J connectivity index is 1.60. The third-order valence-corrected chi connectivity index (χ3v) is 7.57. The minimum absolute atomic E-state index is 0.0815. The van der Waals surface area contributed by atoms with Crippen LogP contribution >= 0.6 is 23.2 Å².